The molecule has 0 saturated carbocycles. The van der Waals surface area contributed by atoms with E-state index in [1.54, 1.807) is 0 Å². The molecule has 0 aromatic carbocycles. The second kappa shape index (κ2) is 3.99. The molecular weight excluding hydrogens is 148 g/mol. The predicted octanol–water partition coefficient (Wildman–Crippen LogP) is -3.00. The largest absolute Gasteiger partial charge is 0.633 e. The molecule has 1 rings (SSSR count). The van der Waals surface area contributed by atoms with Gasteiger partial charge in [0.15, 0.2) is 0 Å². The highest BCUT2D eigenvalue weighted by atomic mass is 16.5. The van der Waals surface area contributed by atoms with Gasteiger partial charge in [-0.15, -0.1) is 0 Å². The van der Waals surface area contributed by atoms with Crippen molar-refractivity contribution in [2.75, 3.05) is 32.9 Å². The van der Waals surface area contributed by atoms with Crippen LogP contribution in [0.15, 0.2) is 0 Å². The molecule has 1 aliphatic heterocycles. The molecule has 0 spiro atoms. The van der Waals surface area contributed by atoms with E-state index >= 15 is 0 Å². The summed E-state index contributed by atoms with van der Waals surface area (Å²) in [6.07, 6.45) is -0.708. The Morgan fingerprint density at radius 1 is 1.64 bits per heavy atom. The summed E-state index contributed by atoms with van der Waals surface area (Å²) in [4.78, 5) is 1.85. The van der Waals surface area contributed by atoms with Gasteiger partial charge in [0.05, 0.1) is 25.8 Å². The first-order valence-corrected chi connectivity index (χ1v) is 3.75. The van der Waals surface area contributed by atoms with E-state index in [0.717, 1.165) is 6.54 Å². The standard InChI is InChI=1S/C6H14N2O3/c9-4-6(10)3-7-1-2-8(11)5-7/h6,8-10H,1-5H2. The SMILES string of the molecule is [O-][NH+]1CCN(CC(O)CO)C1. The third kappa shape index (κ3) is 2.72. The molecule has 0 aromatic rings. The minimum Gasteiger partial charge on any atom is -0.633 e. The van der Waals surface area contributed by atoms with Crippen molar-refractivity contribution in [2.24, 2.45) is 0 Å². The second-order valence-electron chi connectivity index (χ2n) is 2.86. The highest BCUT2D eigenvalue weighted by Gasteiger charge is 2.19. The maximum Gasteiger partial charge on any atom is 0.133 e. The second-order valence-corrected chi connectivity index (χ2v) is 2.86. The molecule has 0 bridgehead atoms. The molecule has 0 radical (unpaired) electrons. The lowest BCUT2D eigenvalue weighted by molar-refractivity contribution is -0.839. The van der Waals surface area contributed by atoms with E-state index in [2.05, 4.69) is 0 Å². The van der Waals surface area contributed by atoms with Crippen LogP contribution in [0.25, 0.3) is 0 Å². The average molecular weight is 162 g/mol. The van der Waals surface area contributed by atoms with Gasteiger partial charge in [-0.25, -0.2) is 4.90 Å². The van der Waals surface area contributed by atoms with Crippen molar-refractivity contribution >= 4 is 0 Å². The molecule has 5 nitrogen and oxygen atoms in total. The van der Waals surface area contributed by atoms with E-state index in [-0.39, 0.29) is 11.7 Å². The van der Waals surface area contributed by atoms with E-state index in [1.807, 2.05) is 4.90 Å². The molecule has 1 fully saturated rings. The van der Waals surface area contributed by atoms with Gasteiger partial charge in [0.2, 0.25) is 0 Å². The fourth-order valence-electron chi connectivity index (χ4n) is 1.20. The molecule has 1 aliphatic rings. The molecule has 2 atom stereocenters. The molecule has 3 N–H and O–H groups in total. The lowest BCUT2D eigenvalue weighted by Crippen LogP contribution is -3.05. The number of quaternary nitrogens is 1. The van der Waals surface area contributed by atoms with Crippen molar-refractivity contribution in [1.29, 1.82) is 0 Å². The molecule has 1 saturated heterocycles. The fraction of sp³-hybridized carbons (Fsp3) is 1.00. The van der Waals surface area contributed by atoms with Gasteiger partial charge in [0.1, 0.15) is 6.67 Å². The summed E-state index contributed by atoms with van der Waals surface area (Å²) in [5.41, 5.74) is 0. The molecule has 1 heterocycles. The van der Waals surface area contributed by atoms with Gasteiger partial charge < -0.3 is 20.5 Å². The van der Waals surface area contributed by atoms with Gasteiger partial charge in [0, 0.05) is 6.54 Å². The zero-order valence-electron chi connectivity index (χ0n) is 6.36. The number of β-amino-alcohol motifs (C(OH)–C–C–N with tert-alkyl or cyclic N) is 1. The minimum absolute atomic E-state index is 0.218. The van der Waals surface area contributed by atoms with Crippen molar-refractivity contribution in [3.63, 3.8) is 0 Å². The number of hydroxylamine groups is 2. The molecule has 0 aliphatic carbocycles. The Morgan fingerprint density at radius 2 is 2.36 bits per heavy atom. The van der Waals surface area contributed by atoms with Crippen molar-refractivity contribution in [3.05, 3.63) is 5.21 Å². The first-order valence-electron chi connectivity index (χ1n) is 3.75. The predicted molar refractivity (Wildman–Crippen MR) is 38.7 cm³/mol. The van der Waals surface area contributed by atoms with E-state index in [0.29, 0.717) is 19.8 Å². The summed E-state index contributed by atoms with van der Waals surface area (Å²) in [7, 11) is 0. The van der Waals surface area contributed by atoms with Crippen LogP contribution in [0.3, 0.4) is 0 Å². The molecule has 11 heavy (non-hydrogen) atoms. The number of aliphatic hydroxyl groups excluding tert-OH is 2. The van der Waals surface area contributed by atoms with Crippen molar-refractivity contribution in [2.45, 2.75) is 6.10 Å². The number of hydrogen-bond donors (Lipinski definition) is 3. The third-order valence-corrected chi connectivity index (χ3v) is 1.79. The Bertz CT molecular complexity index is 122. The number of aliphatic hydroxyl groups is 2. The number of nitrogens with one attached hydrogen (secondary N) is 1. The van der Waals surface area contributed by atoms with Gasteiger partial charge in [-0.3, -0.25) is 0 Å². The first-order chi connectivity index (χ1) is 5.22. The summed E-state index contributed by atoms with van der Waals surface area (Å²) in [5, 5.41) is 28.5. The highest BCUT2D eigenvalue weighted by Crippen LogP contribution is 1.91. The van der Waals surface area contributed by atoms with Crippen LogP contribution in [0.5, 0.6) is 0 Å². The Labute approximate surface area is 65.4 Å². The monoisotopic (exact) mass is 162 g/mol. The summed E-state index contributed by atoms with van der Waals surface area (Å²) < 4.78 is 0. The molecule has 66 valence electrons. The highest BCUT2D eigenvalue weighted by molar-refractivity contribution is 4.63. The Morgan fingerprint density at radius 3 is 2.82 bits per heavy atom. The Balaban J connectivity index is 2.17. The number of hydrogen-bond acceptors (Lipinski definition) is 4. The number of nitrogens with zero attached hydrogens (tertiary/aromatic N) is 1. The maximum absolute atomic E-state index is 10.7. The summed E-state index contributed by atoms with van der Waals surface area (Å²) in [6, 6.07) is 0. The summed E-state index contributed by atoms with van der Waals surface area (Å²) in [6.45, 7) is 1.90. The maximum atomic E-state index is 10.7. The minimum atomic E-state index is -0.708. The van der Waals surface area contributed by atoms with Crippen LogP contribution in [-0.4, -0.2) is 54.1 Å². The topological polar surface area (TPSA) is 71.2 Å². The van der Waals surface area contributed by atoms with E-state index in [1.165, 1.54) is 0 Å². The summed E-state index contributed by atoms with van der Waals surface area (Å²) >= 11 is 0. The quantitative estimate of drug-likeness (QED) is 0.387. The number of rotatable bonds is 3. The van der Waals surface area contributed by atoms with Crippen LogP contribution in [-0.2, 0) is 0 Å². The van der Waals surface area contributed by atoms with Crippen LogP contribution < -0.4 is 5.06 Å². The van der Waals surface area contributed by atoms with Crippen LogP contribution >= 0.6 is 0 Å². The molecule has 5 heteroatoms. The molecular formula is C6H14N2O3. The zero-order valence-corrected chi connectivity index (χ0v) is 6.36. The Kier molecular flexibility index (Phi) is 3.22. The average Bonchev–Trinajstić information content (AvgIpc) is 2.35. The van der Waals surface area contributed by atoms with Crippen LogP contribution in [0, 0.1) is 5.21 Å². The van der Waals surface area contributed by atoms with Crippen molar-refractivity contribution in [3.8, 4) is 0 Å². The third-order valence-electron chi connectivity index (χ3n) is 1.79. The van der Waals surface area contributed by atoms with Crippen LogP contribution in [0.1, 0.15) is 0 Å². The van der Waals surface area contributed by atoms with Crippen LogP contribution in [0.2, 0.25) is 0 Å². The van der Waals surface area contributed by atoms with E-state index < -0.39 is 6.10 Å². The summed E-state index contributed by atoms with van der Waals surface area (Å²) in [5.74, 6) is 0. The van der Waals surface area contributed by atoms with Gasteiger partial charge >= 0.3 is 0 Å². The molecule has 2 unspecified atom stereocenters. The lowest BCUT2D eigenvalue weighted by Gasteiger charge is -2.18. The van der Waals surface area contributed by atoms with Crippen LogP contribution in [0.4, 0.5) is 0 Å². The lowest BCUT2D eigenvalue weighted by atomic mass is 10.3. The molecule has 0 aromatic heterocycles. The normalized spacial score (nSPS) is 29.2. The van der Waals surface area contributed by atoms with E-state index in [4.69, 9.17) is 10.2 Å². The zero-order chi connectivity index (χ0) is 8.27. The van der Waals surface area contributed by atoms with Gasteiger partial charge in [-0.05, 0) is 0 Å². The van der Waals surface area contributed by atoms with E-state index in [9.17, 15) is 5.21 Å². The van der Waals surface area contributed by atoms with Gasteiger partial charge in [-0.2, -0.15) is 0 Å². The van der Waals surface area contributed by atoms with Gasteiger partial charge in [-0.1, -0.05) is 0 Å². The van der Waals surface area contributed by atoms with Crippen molar-refractivity contribution < 1.29 is 15.3 Å². The Hall–Kier alpha value is -0.200. The fourth-order valence-corrected chi connectivity index (χ4v) is 1.20. The molecule has 0 amide bonds. The first kappa shape index (κ1) is 8.89. The van der Waals surface area contributed by atoms with Gasteiger partial charge in [0.25, 0.3) is 0 Å². The van der Waals surface area contributed by atoms with Crippen molar-refractivity contribution in [1.82, 2.24) is 4.90 Å². The smallest absolute Gasteiger partial charge is 0.133 e.